The molecule has 0 saturated heterocycles. The zero-order valence-corrected chi connectivity index (χ0v) is 10.5. The molecule has 0 amide bonds. The Balaban J connectivity index is 2.57. The average Bonchev–Trinajstić information content (AvgIpc) is 2.70. The minimum Gasteiger partial charge on any atom is -0.382 e. The van der Waals surface area contributed by atoms with E-state index in [1.807, 2.05) is 13.8 Å². The van der Waals surface area contributed by atoms with E-state index >= 15 is 0 Å². The molecule has 0 radical (unpaired) electrons. The van der Waals surface area contributed by atoms with Gasteiger partial charge in [-0.2, -0.15) is 5.10 Å². The van der Waals surface area contributed by atoms with E-state index in [2.05, 4.69) is 10.2 Å². The third-order valence-electron chi connectivity index (χ3n) is 2.84. The predicted molar refractivity (Wildman–Crippen MR) is 69.1 cm³/mol. The van der Waals surface area contributed by atoms with E-state index in [0.717, 1.165) is 6.07 Å². The number of nitro benzene ring substituents is 1. The largest absolute Gasteiger partial charge is 0.382 e. The number of hydrogen-bond acceptors (Lipinski definition) is 4. The lowest BCUT2D eigenvalue weighted by Gasteiger charge is -2.08. The number of non-ortho nitro benzene ring substituents is 1. The lowest BCUT2D eigenvalue weighted by Crippen LogP contribution is -1.97. The molecule has 100 valence electrons. The maximum atomic E-state index is 14.0. The van der Waals surface area contributed by atoms with Crippen LogP contribution in [0.3, 0.4) is 0 Å². The molecule has 1 heterocycles. The molecule has 0 aliphatic heterocycles. The van der Waals surface area contributed by atoms with Gasteiger partial charge in [0.25, 0.3) is 5.69 Å². The number of nitrogens with two attached hydrogens (primary N) is 1. The van der Waals surface area contributed by atoms with Gasteiger partial charge < -0.3 is 5.73 Å². The van der Waals surface area contributed by atoms with Gasteiger partial charge in [0.1, 0.15) is 11.6 Å². The van der Waals surface area contributed by atoms with Crippen LogP contribution in [0.25, 0.3) is 11.3 Å². The van der Waals surface area contributed by atoms with Gasteiger partial charge in [0.05, 0.1) is 16.7 Å². The number of rotatable bonds is 3. The summed E-state index contributed by atoms with van der Waals surface area (Å²) in [6, 6.07) is 3.49. The van der Waals surface area contributed by atoms with Crippen LogP contribution in [0, 0.1) is 15.9 Å². The zero-order chi connectivity index (χ0) is 14.2. The van der Waals surface area contributed by atoms with Crippen LogP contribution in [0.2, 0.25) is 0 Å². The first kappa shape index (κ1) is 13.0. The van der Waals surface area contributed by atoms with Crippen LogP contribution in [0.15, 0.2) is 18.2 Å². The fourth-order valence-corrected chi connectivity index (χ4v) is 1.97. The standard InChI is InChI=1S/C12H13FN4O2/c1-6(2)10-11(15-16-12(10)14)8-4-3-7(17(18)19)5-9(8)13/h3-6H,1-2H3,(H3,14,15,16). The van der Waals surface area contributed by atoms with Crippen molar-refractivity contribution in [1.82, 2.24) is 10.2 Å². The van der Waals surface area contributed by atoms with Gasteiger partial charge in [0.15, 0.2) is 0 Å². The zero-order valence-electron chi connectivity index (χ0n) is 10.5. The van der Waals surface area contributed by atoms with Crippen LogP contribution >= 0.6 is 0 Å². The number of nitrogens with zero attached hydrogens (tertiary/aromatic N) is 2. The number of aromatic nitrogens is 2. The van der Waals surface area contributed by atoms with Crippen molar-refractivity contribution in [2.75, 3.05) is 5.73 Å². The van der Waals surface area contributed by atoms with E-state index in [0.29, 0.717) is 17.1 Å². The number of hydrogen-bond donors (Lipinski definition) is 2. The van der Waals surface area contributed by atoms with Gasteiger partial charge >= 0.3 is 0 Å². The molecule has 0 bridgehead atoms. The van der Waals surface area contributed by atoms with Gasteiger partial charge in [-0.25, -0.2) is 4.39 Å². The number of benzene rings is 1. The van der Waals surface area contributed by atoms with Crippen LogP contribution in [0.1, 0.15) is 25.3 Å². The number of H-pyrrole nitrogens is 1. The second kappa shape index (κ2) is 4.68. The SMILES string of the molecule is CC(C)c1c(N)n[nH]c1-c1ccc([N+](=O)[O-])cc1F. The quantitative estimate of drug-likeness (QED) is 0.657. The molecule has 0 spiro atoms. The third-order valence-corrected chi connectivity index (χ3v) is 2.84. The van der Waals surface area contributed by atoms with Crippen molar-refractivity contribution < 1.29 is 9.31 Å². The number of nitro groups is 1. The molecular formula is C12H13FN4O2. The minimum atomic E-state index is -0.681. The van der Waals surface area contributed by atoms with E-state index in [1.165, 1.54) is 12.1 Å². The molecule has 0 saturated carbocycles. The fourth-order valence-electron chi connectivity index (χ4n) is 1.97. The van der Waals surface area contributed by atoms with Gasteiger partial charge in [-0.15, -0.1) is 0 Å². The number of nitrogen functional groups attached to an aromatic ring is 1. The predicted octanol–water partition coefficient (Wildman–Crippen LogP) is 2.83. The van der Waals surface area contributed by atoms with Crippen molar-refractivity contribution in [2.24, 2.45) is 0 Å². The number of nitrogens with one attached hydrogen (secondary N) is 1. The molecule has 7 heteroatoms. The van der Waals surface area contributed by atoms with E-state index in [4.69, 9.17) is 5.73 Å². The van der Waals surface area contributed by atoms with Crippen molar-refractivity contribution in [2.45, 2.75) is 19.8 Å². The summed E-state index contributed by atoms with van der Waals surface area (Å²) in [6.07, 6.45) is 0. The maximum Gasteiger partial charge on any atom is 0.272 e. The van der Waals surface area contributed by atoms with Gasteiger partial charge in [0.2, 0.25) is 0 Å². The number of aromatic amines is 1. The van der Waals surface area contributed by atoms with Crippen LogP contribution < -0.4 is 5.73 Å². The molecule has 19 heavy (non-hydrogen) atoms. The first-order valence-corrected chi connectivity index (χ1v) is 5.70. The van der Waals surface area contributed by atoms with E-state index < -0.39 is 10.7 Å². The molecule has 6 nitrogen and oxygen atoms in total. The minimum absolute atomic E-state index is 0.0586. The highest BCUT2D eigenvalue weighted by Gasteiger charge is 2.20. The second-order valence-electron chi connectivity index (χ2n) is 4.47. The van der Waals surface area contributed by atoms with Gasteiger partial charge in [0, 0.05) is 17.2 Å². The monoisotopic (exact) mass is 264 g/mol. The summed E-state index contributed by atoms with van der Waals surface area (Å²) in [5, 5.41) is 17.1. The van der Waals surface area contributed by atoms with Crippen molar-refractivity contribution >= 4 is 11.5 Å². The Labute approximate surface area is 108 Å². The molecule has 0 aliphatic carbocycles. The van der Waals surface area contributed by atoms with Gasteiger partial charge in [-0.05, 0) is 12.0 Å². The second-order valence-corrected chi connectivity index (χ2v) is 4.47. The molecule has 2 aromatic rings. The molecule has 0 unspecified atom stereocenters. The Morgan fingerprint density at radius 3 is 2.68 bits per heavy atom. The topological polar surface area (TPSA) is 97.8 Å². The summed E-state index contributed by atoms with van der Waals surface area (Å²) in [6.45, 7) is 3.82. The molecule has 0 atom stereocenters. The fraction of sp³-hybridized carbons (Fsp3) is 0.250. The summed E-state index contributed by atoms with van der Waals surface area (Å²) >= 11 is 0. The summed E-state index contributed by atoms with van der Waals surface area (Å²) < 4.78 is 14.0. The van der Waals surface area contributed by atoms with E-state index in [9.17, 15) is 14.5 Å². The Hall–Kier alpha value is -2.44. The van der Waals surface area contributed by atoms with Gasteiger partial charge in [-0.1, -0.05) is 13.8 Å². The molecule has 0 aliphatic rings. The summed E-state index contributed by atoms with van der Waals surface area (Å²) in [7, 11) is 0. The van der Waals surface area contributed by atoms with Crippen LogP contribution in [-0.2, 0) is 0 Å². The molecular weight excluding hydrogens is 251 g/mol. The number of halogens is 1. The molecule has 2 rings (SSSR count). The lowest BCUT2D eigenvalue weighted by atomic mass is 9.98. The van der Waals surface area contributed by atoms with E-state index in [-0.39, 0.29) is 17.2 Å². The first-order valence-electron chi connectivity index (χ1n) is 5.70. The average molecular weight is 264 g/mol. The molecule has 1 aromatic heterocycles. The maximum absolute atomic E-state index is 14.0. The van der Waals surface area contributed by atoms with Gasteiger partial charge in [-0.3, -0.25) is 15.2 Å². The first-order chi connectivity index (χ1) is 8.91. The normalized spacial score (nSPS) is 10.9. The Kier molecular flexibility index (Phi) is 3.20. The summed E-state index contributed by atoms with van der Waals surface area (Å²) in [5.41, 5.74) is 6.82. The van der Waals surface area contributed by atoms with Crippen molar-refractivity contribution in [3.63, 3.8) is 0 Å². The highest BCUT2D eigenvalue weighted by atomic mass is 19.1. The summed E-state index contributed by atoms with van der Waals surface area (Å²) in [4.78, 5) is 9.94. The van der Waals surface area contributed by atoms with Crippen LogP contribution in [-0.4, -0.2) is 15.1 Å². The Morgan fingerprint density at radius 2 is 2.16 bits per heavy atom. The smallest absolute Gasteiger partial charge is 0.272 e. The Bertz CT molecular complexity index is 637. The molecule has 3 N–H and O–H groups in total. The highest BCUT2D eigenvalue weighted by Crippen LogP contribution is 2.33. The lowest BCUT2D eigenvalue weighted by molar-refractivity contribution is -0.385. The molecule has 1 aromatic carbocycles. The van der Waals surface area contributed by atoms with Crippen LogP contribution in [0.5, 0.6) is 0 Å². The Morgan fingerprint density at radius 1 is 1.47 bits per heavy atom. The van der Waals surface area contributed by atoms with Crippen molar-refractivity contribution in [3.05, 3.63) is 39.7 Å². The summed E-state index contributed by atoms with van der Waals surface area (Å²) in [5.74, 6) is -0.314. The van der Waals surface area contributed by atoms with Crippen molar-refractivity contribution in [3.8, 4) is 11.3 Å². The van der Waals surface area contributed by atoms with Crippen LogP contribution in [0.4, 0.5) is 15.9 Å². The van der Waals surface area contributed by atoms with Crippen molar-refractivity contribution in [1.29, 1.82) is 0 Å². The highest BCUT2D eigenvalue weighted by molar-refractivity contribution is 5.70. The molecule has 0 fully saturated rings. The van der Waals surface area contributed by atoms with E-state index in [1.54, 1.807) is 0 Å². The third kappa shape index (κ3) is 2.26. The number of anilines is 1.